The number of ether oxygens (including phenoxy) is 1. The van der Waals surface area contributed by atoms with E-state index in [1.807, 2.05) is 0 Å². The Morgan fingerprint density at radius 3 is 2.60 bits per heavy atom. The molecule has 1 saturated carbocycles. The smallest absolute Gasteiger partial charge is 0.230 e. The van der Waals surface area contributed by atoms with E-state index >= 15 is 0 Å². The number of hydrogen-bond donors (Lipinski definition) is 1. The Hall–Kier alpha value is -2.59. The van der Waals surface area contributed by atoms with E-state index < -0.39 is 27.8 Å². The molecule has 1 aliphatic heterocycles. The van der Waals surface area contributed by atoms with Crippen molar-refractivity contribution in [1.82, 2.24) is 9.71 Å². The van der Waals surface area contributed by atoms with Crippen LogP contribution >= 0.6 is 0 Å². The van der Waals surface area contributed by atoms with Crippen LogP contribution < -0.4 is 4.72 Å². The zero-order valence-electron chi connectivity index (χ0n) is 16.4. The molecule has 30 heavy (non-hydrogen) atoms. The molecule has 0 amide bonds. The summed E-state index contributed by atoms with van der Waals surface area (Å²) in [6.45, 7) is 1.79. The highest BCUT2D eigenvalue weighted by molar-refractivity contribution is 7.88. The van der Waals surface area contributed by atoms with E-state index in [0.29, 0.717) is 30.0 Å². The van der Waals surface area contributed by atoms with Gasteiger partial charge in [-0.1, -0.05) is 11.2 Å². The topological polar surface area (TPSA) is 89.9 Å². The number of oxime groups is 1. The fourth-order valence-corrected chi connectivity index (χ4v) is 4.41. The molecule has 0 bridgehead atoms. The summed E-state index contributed by atoms with van der Waals surface area (Å²) in [6, 6.07) is 5.21. The van der Waals surface area contributed by atoms with Gasteiger partial charge in [-0.15, -0.1) is 0 Å². The summed E-state index contributed by atoms with van der Waals surface area (Å²) in [7, 11) is -3.25. The number of halogens is 2. The molecule has 10 heteroatoms. The molecule has 2 aromatic rings. The second-order valence-electron chi connectivity index (χ2n) is 7.62. The third kappa shape index (κ3) is 4.44. The summed E-state index contributed by atoms with van der Waals surface area (Å²) in [5.41, 5.74) is 1.28. The Balaban J connectivity index is 1.46. The standard InChI is InChI=1S/C20H21F2N3O4S/c1-11-6-14(19-15(21)4-3-5-16(19)22)20(23-10-11)17-9-18(24-29-17)28-13-7-12(8-13)25-30(2,26)27/h3-6,10,12-13,17,25H,7-9H2,1-2H3/t12-,13+,17?. The van der Waals surface area contributed by atoms with Gasteiger partial charge in [-0.3, -0.25) is 4.98 Å². The molecule has 1 aromatic heterocycles. The highest BCUT2D eigenvalue weighted by atomic mass is 32.2. The molecular weight excluding hydrogens is 416 g/mol. The largest absolute Gasteiger partial charge is 0.475 e. The van der Waals surface area contributed by atoms with Gasteiger partial charge < -0.3 is 9.57 Å². The molecule has 0 saturated heterocycles. The third-order valence-electron chi connectivity index (χ3n) is 5.01. The van der Waals surface area contributed by atoms with Gasteiger partial charge in [0.05, 0.1) is 23.9 Å². The molecule has 1 aliphatic carbocycles. The van der Waals surface area contributed by atoms with Crippen molar-refractivity contribution in [3.63, 3.8) is 0 Å². The van der Waals surface area contributed by atoms with E-state index in [-0.39, 0.29) is 24.1 Å². The Morgan fingerprint density at radius 1 is 1.23 bits per heavy atom. The number of rotatable bonds is 5. The van der Waals surface area contributed by atoms with Crippen LogP contribution in [0.5, 0.6) is 0 Å². The van der Waals surface area contributed by atoms with Gasteiger partial charge in [0, 0.05) is 30.6 Å². The van der Waals surface area contributed by atoms with Crippen LogP contribution in [0.15, 0.2) is 35.6 Å². The van der Waals surface area contributed by atoms with Crippen molar-refractivity contribution in [3.8, 4) is 11.1 Å². The Bertz CT molecular complexity index is 1080. The van der Waals surface area contributed by atoms with Gasteiger partial charge >= 0.3 is 0 Å². The minimum absolute atomic E-state index is 0.155. The van der Waals surface area contributed by atoms with Crippen molar-refractivity contribution in [1.29, 1.82) is 0 Å². The summed E-state index contributed by atoms with van der Waals surface area (Å²) in [5.74, 6) is -1.01. The van der Waals surface area contributed by atoms with Crippen molar-refractivity contribution in [3.05, 3.63) is 53.4 Å². The summed E-state index contributed by atoms with van der Waals surface area (Å²) in [4.78, 5) is 9.81. The first-order chi connectivity index (χ1) is 14.2. The number of aryl methyl sites for hydroxylation is 1. The quantitative estimate of drug-likeness (QED) is 0.776. The number of aromatic nitrogens is 1. The normalized spacial score (nSPS) is 23.5. The minimum atomic E-state index is -3.25. The Kier molecular flexibility index (Phi) is 5.46. The number of sulfonamides is 1. The number of pyridine rings is 1. The monoisotopic (exact) mass is 437 g/mol. The Labute approximate surface area is 173 Å². The fourth-order valence-electron chi connectivity index (χ4n) is 3.62. The van der Waals surface area contributed by atoms with Crippen molar-refractivity contribution in [2.45, 2.75) is 44.4 Å². The molecule has 4 rings (SSSR count). The first-order valence-corrected chi connectivity index (χ1v) is 11.4. The molecule has 1 unspecified atom stereocenters. The van der Waals surface area contributed by atoms with Crippen LogP contribution in [0.25, 0.3) is 11.1 Å². The van der Waals surface area contributed by atoms with Gasteiger partial charge in [0.1, 0.15) is 17.7 Å². The van der Waals surface area contributed by atoms with Gasteiger partial charge in [0.15, 0.2) is 6.10 Å². The van der Waals surface area contributed by atoms with E-state index in [9.17, 15) is 17.2 Å². The van der Waals surface area contributed by atoms with Crippen molar-refractivity contribution in [2.24, 2.45) is 5.16 Å². The van der Waals surface area contributed by atoms with Gasteiger partial charge in [-0.05, 0) is 30.7 Å². The molecule has 1 aromatic carbocycles. The van der Waals surface area contributed by atoms with Crippen LogP contribution in [0.1, 0.15) is 36.6 Å². The second-order valence-corrected chi connectivity index (χ2v) is 9.40. The maximum atomic E-state index is 14.4. The fraction of sp³-hybridized carbons (Fsp3) is 0.400. The molecule has 1 fully saturated rings. The zero-order chi connectivity index (χ0) is 21.5. The van der Waals surface area contributed by atoms with E-state index in [4.69, 9.17) is 9.57 Å². The molecule has 2 aliphatic rings. The number of benzene rings is 1. The molecule has 1 atom stereocenters. The maximum Gasteiger partial charge on any atom is 0.230 e. The lowest BCUT2D eigenvalue weighted by molar-refractivity contribution is 0.0741. The van der Waals surface area contributed by atoms with E-state index in [2.05, 4.69) is 14.9 Å². The van der Waals surface area contributed by atoms with Crippen LogP contribution in [0.2, 0.25) is 0 Å². The zero-order valence-corrected chi connectivity index (χ0v) is 17.2. The van der Waals surface area contributed by atoms with E-state index in [1.54, 1.807) is 19.2 Å². The molecular formula is C20H21F2N3O4S. The molecule has 160 valence electrons. The summed E-state index contributed by atoms with van der Waals surface area (Å²) < 4.78 is 59.6. The first kappa shape index (κ1) is 20.7. The number of hydrogen-bond acceptors (Lipinski definition) is 6. The second kappa shape index (κ2) is 7.92. The van der Waals surface area contributed by atoms with Crippen LogP contribution in [-0.2, 0) is 19.6 Å². The van der Waals surface area contributed by atoms with Crippen LogP contribution in [0.4, 0.5) is 8.78 Å². The van der Waals surface area contributed by atoms with Gasteiger partial charge in [0.25, 0.3) is 0 Å². The first-order valence-electron chi connectivity index (χ1n) is 9.47. The van der Waals surface area contributed by atoms with Crippen LogP contribution in [-0.4, -0.2) is 37.7 Å². The molecule has 2 heterocycles. The van der Waals surface area contributed by atoms with Crippen LogP contribution in [0.3, 0.4) is 0 Å². The molecule has 7 nitrogen and oxygen atoms in total. The number of nitrogens with zero attached hydrogens (tertiary/aromatic N) is 2. The van der Waals surface area contributed by atoms with Gasteiger partial charge in [0.2, 0.25) is 15.9 Å². The predicted molar refractivity (Wildman–Crippen MR) is 106 cm³/mol. The lowest BCUT2D eigenvalue weighted by Gasteiger charge is -2.34. The Morgan fingerprint density at radius 2 is 1.93 bits per heavy atom. The maximum absolute atomic E-state index is 14.4. The SMILES string of the molecule is Cc1cnc(C2CC(O[C@H]3C[C@@H](NS(C)(=O)=O)C3)=NO2)c(-c2c(F)cccc2F)c1. The van der Waals surface area contributed by atoms with Gasteiger partial charge in [-0.25, -0.2) is 21.9 Å². The molecule has 1 N–H and O–H groups in total. The van der Waals surface area contributed by atoms with E-state index in [0.717, 1.165) is 11.8 Å². The highest BCUT2D eigenvalue weighted by Gasteiger charge is 2.36. The van der Waals surface area contributed by atoms with Crippen molar-refractivity contribution in [2.75, 3.05) is 6.26 Å². The molecule has 0 radical (unpaired) electrons. The van der Waals surface area contributed by atoms with Crippen molar-refractivity contribution >= 4 is 15.9 Å². The minimum Gasteiger partial charge on any atom is -0.475 e. The number of nitrogens with one attached hydrogen (secondary N) is 1. The average Bonchev–Trinajstić information content (AvgIpc) is 3.07. The predicted octanol–water partition coefficient (Wildman–Crippen LogP) is 3.21. The lowest BCUT2D eigenvalue weighted by atomic mass is 9.90. The van der Waals surface area contributed by atoms with Crippen LogP contribution in [0, 0.1) is 18.6 Å². The van der Waals surface area contributed by atoms with E-state index in [1.165, 1.54) is 18.2 Å². The highest BCUT2D eigenvalue weighted by Crippen LogP contribution is 2.37. The molecule has 0 spiro atoms. The third-order valence-corrected chi connectivity index (χ3v) is 5.77. The average molecular weight is 437 g/mol. The van der Waals surface area contributed by atoms with Gasteiger partial charge in [-0.2, -0.15) is 0 Å². The summed E-state index contributed by atoms with van der Waals surface area (Å²) >= 11 is 0. The summed E-state index contributed by atoms with van der Waals surface area (Å²) in [5, 5.41) is 3.95. The summed E-state index contributed by atoms with van der Waals surface area (Å²) in [6.07, 6.45) is 3.24. The van der Waals surface area contributed by atoms with Crippen molar-refractivity contribution < 1.29 is 26.8 Å². The lowest BCUT2D eigenvalue weighted by Crippen LogP contribution is -2.47.